The quantitative estimate of drug-likeness (QED) is 0.628. The highest BCUT2D eigenvalue weighted by Gasteiger charge is 2.63. The smallest absolute Gasteiger partial charge is 0.0571 e. The summed E-state index contributed by atoms with van der Waals surface area (Å²) in [6.45, 7) is 4.88. The van der Waals surface area contributed by atoms with Gasteiger partial charge in [-0.2, -0.15) is 0 Å². The normalized spacial score (nSPS) is 54.6. The molecule has 0 aromatic carbocycles. The molecule has 5 unspecified atom stereocenters. The van der Waals surface area contributed by atoms with E-state index >= 15 is 0 Å². The summed E-state index contributed by atoms with van der Waals surface area (Å²) in [6.07, 6.45) is 6.45. The largest absolute Gasteiger partial charge is 0.393 e. The second kappa shape index (κ2) is 2.75. The number of aliphatic hydroxyl groups excluding tert-OH is 1. The van der Waals surface area contributed by atoms with Crippen molar-refractivity contribution < 1.29 is 5.11 Å². The molecule has 1 N–H and O–H groups in total. The van der Waals surface area contributed by atoms with Crippen LogP contribution >= 0.6 is 0 Å². The van der Waals surface area contributed by atoms with E-state index in [0.717, 1.165) is 24.2 Å². The van der Waals surface area contributed by atoms with E-state index in [1.165, 1.54) is 25.7 Å². The standard InChI is InChI=1S/C13H22O/c1-13(2)10-6-7-11(14)8-4-3-5-9(8)12(10)13/h8-12,14H,3-7H2,1-2H3. The second-order valence-electron chi connectivity index (χ2n) is 6.36. The van der Waals surface area contributed by atoms with Crippen LogP contribution in [0.4, 0.5) is 0 Å². The average Bonchev–Trinajstić information content (AvgIpc) is 2.54. The van der Waals surface area contributed by atoms with Gasteiger partial charge >= 0.3 is 0 Å². The molecule has 5 atom stereocenters. The molecule has 0 heterocycles. The van der Waals surface area contributed by atoms with Crippen molar-refractivity contribution in [2.24, 2.45) is 29.1 Å². The summed E-state index contributed by atoms with van der Waals surface area (Å²) < 4.78 is 0. The van der Waals surface area contributed by atoms with Crippen molar-refractivity contribution in [3.63, 3.8) is 0 Å². The number of hydrogen-bond acceptors (Lipinski definition) is 1. The van der Waals surface area contributed by atoms with Crippen molar-refractivity contribution in [1.29, 1.82) is 0 Å². The first-order valence-electron chi connectivity index (χ1n) is 6.30. The van der Waals surface area contributed by atoms with Crippen LogP contribution in [-0.4, -0.2) is 11.2 Å². The molecule has 0 aromatic heterocycles. The Kier molecular flexibility index (Phi) is 1.81. The molecule has 3 rings (SSSR count). The molecular weight excluding hydrogens is 172 g/mol. The lowest BCUT2D eigenvalue weighted by Crippen LogP contribution is -2.25. The van der Waals surface area contributed by atoms with Crippen LogP contribution in [0.15, 0.2) is 0 Å². The zero-order valence-corrected chi connectivity index (χ0v) is 9.37. The van der Waals surface area contributed by atoms with E-state index in [9.17, 15) is 5.11 Å². The number of rotatable bonds is 0. The Morgan fingerprint density at radius 1 is 1.00 bits per heavy atom. The maximum absolute atomic E-state index is 10.1. The SMILES string of the molecule is CC1(C)C2CCC(O)C3CCCC3C21. The van der Waals surface area contributed by atoms with Crippen molar-refractivity contribution in [1.82, 2.24) is 0 Å². The number of aliphatic hydroxyl groups is 1. The molecule has 1 nitrogen and oxygen atoms in total. The molecule has 0 amide bonds. The van der Waals surface area contributed by atoms with Gasteiger partial charge in [-0.25, -0.2) is 0 Å². The van der Waals surface area contributed by atoms with Crippen molar-refractivity contribution >= 4 is 0 Å². The van der Waals surface area contributed by atoms with Gasteiger partial charge in [0.1, 0.15) is 0 Å². The van der Waals surface area contributed by atoms with Gasteiger partial charge in [0.2, 0.25) is 0 Å². The van der Waals surface area contributed by atoms with Gasteiger partial charge < -0.3 is 5.11 Å². The average molecular weight is 194 g/mol. The van der Waals surface area contributed by atoms with Crippen LogP contribution < -0.4 is 0 Å². The molecule has 14 heavy (non-hydrogen) atoms. The number of fused-ring (bicyclic) bond motifs is 3. The van der Waals surface area contributed by atoms with Gasteiger partial charge in [0.15, 0.2) is 0 Å². The van der Waals surface area contributed by atoms with Crippen LogP contribution in [0, 0.1) is 29.1 Å². The Hall–Kier alpha value is -0.0400. The van der Waals surface area contributed by atoms with Crippen LogP contribution in [0.5, 0.6) is 0 Å². The predicted molar refractivity (Wildman–Crippen MR) is 56.8 cm³/mol. The van der Waals surface area contributed by atoms with Gasteiger partial charge in [0, 0.05) is 0 Å². The third kappa shape index (κ3) is 1.05. The zero-order valence-electron chi connectivity index (χ0n) is 9.37. The van der Waals surface area contributed by atoms with E-state index in [1.807, 2.05) is 0 Å². The molecule has 80 valence electrons. The summed E-state index contributed by atoms with van der Waals surface area (Å²) in [5, 5.41) is 10.1. The van der Waals surface area contributed by atoms with Crippen molar-refractivity contribution in [2.45, 2.75) is 52.1 Å². The van der Waals surface area contributed by atoms with Crippen LogP contribution in [0.1, 0.15) is 46.0 Å². The zero-order chi connectivity index (χ0) is 9.92. The molecule has 3 saturated carbocycles. The second-order valence-corrected chi connectivity index (χ2v) is 6.36. The molecule has 1 heteroatoms. The van der Waals surface area contributed by atoms with Crippen LogP contribution in [-0.2, 0) is 0 Å². The molecule has 3 fully saturated rings. The van der Waals surface area contributed by atoms with Gasteiger partial charge in [-0.3, -0.25) is 0 Å². The first kappa shape index (κ1) is 9.21. The summed E-state index contributed by atoms with van der Waals surface area (Å²) in [7, 11) is 0. The molecule has 0 spiro atoms. The van der Waals surface area contributed by atoms with Gasteiger partial charge in [0.05, 0.1) is 6.10 Å². The topological polar surface area (TPSA) is 20.2 Å². The Bertz CT molecular complexity index is 246. The summed E-state index contributed by atoms with van der Waals surface area (Å²) in [5.74, 6) is 3.41. The minimum Gasteiger partial charge on any atom is -0.393 e. The van der Waals surface area contributed by atoms with Gasteiger partial charge in [0.25, 0.3) is 0 Å². The highest BCUT2D eigenvalue weighted by molar-refractivity contribution is 5.11. The van der Waals surface area contributed by atoms with Crippen LogP contribution in [0.25, 0.3) is 0 Å². The molecule has 0 aromatic rings. The Morgan fingerprint density at radius 2 is 1.71 bits per heavy atom. The van der Waals surface area contributed by atoms with Crippen molar-refractivity contribution in [3.05, 3.63) is 0 Å². The third-order valence-corrected chi connectivity index (χ3v) is 5.49. The van der Waals surface area contributed by atoms with E-state index in [4.69, 9.17) is 0 Å². The van der Waals surface area contributed by atoms with E-state index in [-0.39, 0.29) is 6.10 Å². The lowest BCUT2D eigenvalue weighted by molar-refractivity contribution is 0.0731. The van der Waals surface area contributed by atoms with Crippen molar-refractivity contribution in [3.8, 4) is 0 Å². The Labute approximate surface area is 86.9 Å². The van der Waals surface area contributed by atoms with Gasteiger partial charge in [-0.15, -0.1) is 0 Å². The molecule has 3 aliphatic carbocycles. The molecule has 0 saturated heterocycles. The fourth-order valence-corrected chi connectivity index (χ4v) is 4.69. The third-order valence-electron chi connectivity index (χ3n) is 5.49. The molecule has 0 aliphatic heterocycles. The van der Waals surface area contributed by atoms with Crippen LogP contribution in [0.2, 0.25) is 0 Å². The van der Waals surface area contributed by atoms with Gasteiger partial charge in [-0.05, 0) is 54.8 Å². The Morgan fingerprint density at radius 3 is 2.50 bits per heavy atom. The van der Waals surface area contributed by atoms with E-state index in [2.05, 4.69) is 13.8 Å². The van der Waals surface area contributed by atoms with Crippen molar-refractivity contribution in [2.75, 3.05) is 0 Å². The Balaban J connectivity index is 1.86. The van der Waals surface area contributed by atoms with Crippen LogP contribution in [0.3, 0.4) is 0 Å². The van der Waals surface area contributed by atoms with E-state index in [0.29, 0.717) is 11.3 Å². The molecule has 0 radical (unpaired) electrons. The minimum atomic E-state index is 0.0334. The van der Waals surface area contributed by atoms with E-state index in [1.54, 1.807) is 0 Å². The first-order chi connectivity index (χ1) is 6.62. The minimum absolute atomic E-state index is 0.0334. The number of hydrogen-bond donors (Lipinski definition) is 1. The fourth-order valence-electron chi connectivity index (χ4n) is 4.69. The van der Waals surface area contributed by atoms with Gasteiger partial charge in [-0.1, -0.05) is 20.3 Å². The maximum Gasteiger partial charge on any atom is 0.0571 e. The maximum atomic E-state index is 10.1. The van der Waals surface area contributed by atoms with E-state index < -0.39 is 0 Å². The summed E-state index contributed by atoms with van der Waals surface area (Å²) in [6, 6.07) is 0. The molecule has 3 aliphatic rings. The summed E-state index contributed by atoms with van der Waals surface area (Å²) >= 11 is 0. The summed E-state index contributed by atoms with van der Waals surface area (Å²) in [4.78, 5) is 0. The highest BCUT2D eigenvalue weighted by Crippen LogP contribution is 2.68. The lowest BCUT2D eigenvalue weighted by Gasteiger charge is -2.24. The lowest BCUT2D eigenvalue weighted by atomic mass is 9.84. The molecular formula is C13H22O. The predicted octanol–water partition coefficient (Wildman–Crippen LogP) is 2.83. The fraction of sp³-hybridized carbons (Fsp3) is 1.00. The molecule has 0 bridgehead atoms. The summed E-state index contributed by atoms with van der Waals surface area (Å²) in [5.41, 5.74) is 0.605. The monoisotopic (exact) mass is 194 g/mol. The first-order valence-corrected chi connectivity index (χ1v) is 6.30. The highest BCUT2D eigenvalue weighted by atomic mass is 16.3.